The zero-order valence-corrected chi connectivity index (χ0v) is 9.02. The molecule has 0 radical (unpaired) electrons. The highest BCUT2D eigenvalue weighted by Crippen LogP contribution is 2.26. The van der Waals surface area contributed by atoms with Gasteiger partial charge in [-0.15, -0.1) is 13.2 Å². The third kappa shape index (κ3) is 3.41. The minimum atomic E-state index is -4.78. The van der Waals surface area contributed by atoms with Crippen molar-refractivity contribution >= 4 is 16.8 Å². The van der Waals surface area contributed by atoms with Gasteiger partial charge in [-0.2, -0.15) is 0 Å². The molecule has 0 unspecified atom stereocenters. The normalized spacial score (nSPS) is 11.3. The maximum atomic E-state index is 11.9. The molecule has 0 aromatic heterocycles. The van der Waals surface area contributed by atoms with Crippen LogP contribution in [-0.4, -0.2) is 11.6 Å². The van der Waals surface area contributed by atoms with Crippen LogP contribution < -0.4 is 4.74 Å². The first-order valence-electron chi connectivity index (χ1n) is 4.42. The van der Waals surface area contributed by atoms with Gasteiger partial charge in [0.05, 0.1) is 0 Å². The molecule has 0 fully saturated rings. The predicted octanol–water partition coefficient (Wildman–Crippen LogP) is 3.53. The standard InChI is InChI=1S/C10H8ClF3O2/c1-2-6-3-4-7(16-10(12,13)14)5-8(6)9(11)15/h3-5H,2H2,1H3. The molecular formula is C10H8ClF3O2. The summed E-state index contributed by atoms with van der Waals surface area (Å²) in [5, 5.41) is -0.801. The van der Waals surface area contributed by atoms with Crippen molar-refractivity contribution in [3.63, 3.8) is 0 Å². The van der Waals surface area contributed by atoms with Crippen LogP contribution in [0.3, 0.4) is 0 Å². The molecule has 0 saturated heterocycles. The first-order valence-corrected chi connectivity index (χ1v) is 4.79. The van der Waals surface area contributed by atoms with E-state index in [1.807, 2.05) is 0 Å². The first-order chi connectivity index (χ1) is 7.33. The van der Waals surface area contributed by atoms with Gasteiger partial charge in [0.1, 0.15) is 5.75 Å². The molecule has 0 amide bonds. The van der Waals surface area contributed by atoms with E-state index in [1.165, 1.54) is 6.07 Å². The lowest BCUT2D eigenvalue weighted by atomic mass is 10.1. The monoisotopic (exact) mass is 252 g/mol. The second kappa shape index (κ2) is 4.74. The SMILES string of the molecule is CCc1ccc(OC(F)(F)F)cc1C(=O)Cl. The number of ether oxygens (including phenoxy) is 1. The Labute approximate surface area is 95.0 Å². The third-order valence-corrected chi connectivity index (χ3v) is 2.11. The number of hydrogen-bond acceptors (Lipinski definition) is 2. The quantitative estimate of drug-likeness (QED) is 0.770. The molecule has 0 aliphatic heterocycles. The van der Waals surface area contributed by atoms with Crippen LogP contribution in [0.1, 0.15) is 22.8 Å². The number of benzene rings is 1. The zero-order chi connectivity index (χ0) is 12.3. The Morgan fingerprint density at radius 2 is 2.06 bits per heavy atom. The van der Waals surface area contributed by atoms with Crippen molar-refractivity contribution in [3.8, 4) is 5.75 Å². The molecule has 0 bridgehead atoms. The summed E-state index contributed by atoms with van der Waals surface area (Å²) in [5.41, 5.74) is 0.612. The molecule has 6 heteroatoms. The van der Waals surface area contributed by atoms with Gasteiger partial charge in [0.15, 0.2) is 0 Å². The Kier molecular flexibility index (Phi) is 3.80. The first kappa shape index (κ1) is 12.8. The summed E-state index contributed by atoms with van der Waals surface area (Å²) in [6.45, 7) is 1.77. The van der Waals surface area contributed by atoms with Crippen molar-refractivity contribution in [3.05, 3.63) is 29.3 Å². The van der Waals surface area contributed by atoms with Crippen LogP contribution in [0, 0.1) is 0 Å². The fourth-order valence-corrected chi connectivity index (χ4v) is 1.42. The van der Waals surface area contributed by atoms with Crippen LogP contribution in [0.15, 0.2) is 18.2 Å². The van der Waals surface area contributed by atoms with E-state index in [0.29, 0.717) is 12.0 Å². The van der Waals surface area contributed by atoms with Crippen LogP contribution >= 0.6 is 11.6 Å². The molecule has 0 N–H and O–H groups in total. The van der Waals surface area contributed by atoms with E-state index in [4.69, 9.17) is 11.6 Å². The molecule has 16 heavy (non-hydrogen) atoms. The minimum Gasteiger partial charge on any atom is -0.406 e. The zero-order valence-electron chi connectivity index (χ0n) is 8.27. The second-order valence-corrected chi connectivity index (χ2v) is 3.34. The van der Waals surface area contributed by atoms with Gasteiger partial charge in [0.25, 0.3) is 5.24 Å². The van der Waals surface area contributed by atoms with Crippen LogP contribution in [0.2, 0.25) is 0 Å². The predicted molar refractivity (Wildman–Crippen MR) is 52.7 cm³/mol. The average Bonchev–Trinajstić information content (AvgIpc) is 2.15. The number of rotatable bonds is 3. The smallest absolute Gasteiger partial charge is 0.406 e. The Bertz CT molecular complexity index is 402. The van der Waals surface area contributed by atoms with Gasteiger partial charge in [-0.1, -0.05) is 13.0 Å². The molecule has 0 atom stereocenters. The summed E-state index contributed by atoms with van der Waals surface area (Å²) in [6.07, 6.45) is -4.28. The lowest BCUT2D eigenvalue weighted by Gasteiger charge is -2.11. The van der Waals surface area contributed by atoms with Crippen molar-refractivity contribution in [2.45, 2.75) is 19.7 Å². The molecule has 0 aliphatic rings. The number of aryl methyl sites for hydroxylation is 1. The van der Waals surface area contributed by atoms with Gasteiger partial charge in [0, 0.05) is 5.56 Å². The van der Waals surface area contributed by atoms with E-state index in [2.05, 4.69) is 4.74 Å². The maximum absolute atomic E-state index is 11.9. The van der Waals surface area contributed by atoms with E-state index in [0.717, 1.165) is 12.1 Å². The summed E-state index contributed by atoms with van der Waals surface area (Å²) in [7, 11) is 0. The summed E-state index contributed by atoms with van der Waals surface area (Å²) < 4.78 is 39.4. The molecule has 2 nitrogen and oxygen atoms in total. The number of carbonyl (C=O) groups excluding carboxylic acids is 1. The fourth-order valence-electron chi connectivity index (χ4n) is 1.24. The molecule has 0 saturated carbocycles. The van der Waals surface area contributed by atoms with Crippen molar-refractivity contribution in [1.29, 1.82) is 0 Å². The lowest BCUT2D eigenvalue weighted by molar-refractivity contribution is -0.274. The van der Waals surface area contributed by atoms with Gasteiger partial charge in [0.2, 0.25) is 0 Å². The van der Waals surface area contributed by atoms with Crippen molar-refractivity contribution in [2.24, 2.45) is 0 Å². The highest BCUT2D eigenvalue weighted by Gasteiger charge is 2.31. The van der Waals surface area contributed by atoms with E-state index in [-0.39, 0.29) is 5.56 Å². The van der Waals surface area contributed by atoms with Gasteiger partial charge in [-0.05, 0) is 35.7 Å². The lowest BCUT2D eigenvalue weighted by Crippen LogP contribution is -2.17. The van der Waals surface area contributed by atoms with E-state index >= 15 is 0 Å². The Morgan fingerprint density at radius 3 is 2.50 bits per heavy atom. The average molecular weight is 253 g/mol. The minimum absolute atomic E-state index is 0.0333. The molecule has 0 aliphatic carbocycles. The Balaban J connectivity index is 3.07. The number of alkyl halides is 3. The number of halogens is 4. The molecule has 0 spiro atoms. The fraction of sp³-hybridized carbons (Fsp3) is 0.300. The van der Waals surface area contributed by atoms with Gasteiger partial charge in [-0.25, -0.2) is 0 Å². The van der Waals surface area contributed by atoms with Crippen LogP contribution in [0.4, 0.5) is 13.2 Å². The largest absolute Gasteiger partial charge is 0.573 e. The van der Waals surface area contributed by atoms with Crippen LogP contribution in [0.5, 0.6) is 5.75 Å². The highest BCUT2D eigenvalue weighted by atomic mass is 35.5. The van der Waals surface area contributed by atoms with Gasteiger partial charge in [-0.3, -0.25) is 4.79 Å². The summed E-state index contributed by atoms with van der Waals surface area (Å²) >= 11 is 5.25. The molecule has 1 aromatic rings. The molecule has 1 rings (SSSR count). The van der Waals surface area contributed by atoms with Crippen LogP contribution in [0.25, 0.3) is 0 Å². The highest BCUT2D eigenvalue weighted by molar-refractivity contribution is 6.67. The topological polar surface area (TPSA) is 26.3 Å². The Hall–Kier alpha value is -1.23. The van der Waals surface area contributed by atoms with Crippen molar-refractivity contribution in [1.82, 2.24) is 0 Å². The maximum Gasteiger partial charge on any atom is 0.573 e. The van der Waals surface area contributed by atoms with Crippen molar-refractivity contribution in [2.75, 3.05) is 0 Å². The summed E-state index contributed by atoms with van der Waals surface area (Å²) in [6, 6.07) is 3.52. The van der Waals surface area contributed by atoms with Crippen LogP contribution in [-0.2, 0) is 6.42 Å². The van der Waals surface area contributed by atoms with Crippen molar-refractivity contribution < 1.29 is 22.7 Å². The van der Waals surface area contributed by atoms with E-state index < -0.39 is 17.4 Å². The van der Waals surface area contributed by atoms with Gasteiger partial charge < -0.3 is 4.74 Å². The summed E-state index contributed by atoms with van der Waals surface area (Å²) in [4.78, 5) is 11.0. The molecular weight excluding hydrogens is 245 g/mol. The van der Waals surface area contributed by atoms with E-state index in [9.17, 15) is 18.0 Å². The molecule has 0 heterocycles. The summed E-state index contributed by atoms with van der Waals surface area (Å²) in [5.74, 6) is -0.450. The Morgan fingerprint density at radius 1 is 1.44 bits per heavy atom. The van der Waals surface area contributed by atoms with E-state index in [1.54, 1.807) is 6.92 Å². The second-order valence-electron chi connectivity index (χ2n) is 2.99. The van der Waals surface area contributed by atoms with Gasteiger partial charge >= 0.3 is 6.36 Å². The number of carbonyl (C=O) groups is 1. The number of hydrogen-bond donors (Lipinski definition) is 0. The molecule has 88 valence electrons. The molecule has 1 aromatic carbocycles. The third-order valence-electron chi connectivity index (χ3n) is 1.91.